The number of rotatable bonds is 10. The number of carbonyl (C=O) groups excluding carboxylic acids is 3. The molecule has 8 nitrogen and oxygen atoms in total. The van der Waals surface area contributed by atoms with Crippen LogP contribution in [0.2, 0.25) is 0 Å². The first-order chi connectivity index (χ1) is 14.4. The van der Waals surface area contributed by atoms with Crippen molar-refractivity contribution in [2.45, 2.75) is 55.7 Å². The van der Waals surface area contributed by atoms with E-state index in [2.05, 4.69) is 22.5 Å². The van der Waals surface area contributed by atoms with E-state index in [0.717, 1.165) is 12.8 Å². The fraction of sp³-hybridized carbons (Fsp3) is 0.762. The van der Waals surface area contributed by atoms with Crippen LogP contribution in [0.1, 0.15) is 33.1 Å². The maximum atomic E-state index is 13.7. The number of halogens is 1. The lowest BCUT2D eigenvalue weighted by Crippen LogP contribution is -2.57. The second kappa shape index (κ2) is 9.36. The number of aliphatic hydroxyl groups is 1. The number of β-amino-alcohol motifs (C(OH)–C–C–N with tert-alkyl or cyclic N) is 1. The summed E-state index contributed by atoms with van der Waals surface area (Å²) in [6, 6.07) is -0.886. The van der Waals surface area contributed by atoms with Crippen LogP contribution in [0, 0.1) is 11.8 Å². The minimum absolute atomic E-state index is 0.0136. The van der Waals surface area contributed by atoms with Gasteiger partial charge in [-0.2, -0.15) is 0 Å². The largest absolute Gasteiger partial charge is 0.466 e. The molecule has 3 aliphatic heterocycles. The molecular weight excluding hydrogens is 456 g/mol. The van der Waals surface area contributed by atoms with Gasteiger partial charge in [0.15, 0.2) is 0 Å². The summed E-state index contributed by atoms with van der Waals surface area (Å²) in [4.78, 5) is 42.8. The maximum Gasteiger partial charge on any atom is 0.312 e. The molecule has 3 unspecified atom stereocenters. The van der Waals surface area contributed by atoms with Gasteiger partial charge in [-0.05, 0) is 19.8 Å². The van der Waals surface area contributed by atoms with Crippen molar-refractivity contribution in [2.24, 2.45) is 11.8 Å². The topological polar surface area (TPSA) is 96.4 Å². The van der Waals surface area contributed by atoms with Crippen molar-refractivity contribution in [1.29, 1.82) is 0 Å². The van der Waals surface area contributed by atoms with E-state index in [1.807, 2.05) is 6.92 Å². The summed E-state index contributed by atoms with van der Waals surface area (Å²) in [5.74, 6) is -2.57. The molecule has 3 aliphatic rings. The third-order valence-electron chi connectivity index (χ3n) is 6.37. The molecule has 3 fully saturated rings. The van der Waals surface area contributed by atoms with Crippen LogP contribution in [0.15, 0.2) is 12.7 Å². The Hall–Kier alpha value is -1.45. The molecule has 30 heavy (non-hydrogen) atoms. The van der Waals surface area contributed by atoms with Gasteiger partial charge in [-0.1, -0.05) is 35.4 Å². The van der Waals surface area contributed by atoms with Crippen molar-refractivity contribution < 1.29 is 29.0 Å². The lowest BCUT2D eigenvalue weighted by Gasteiger charge is -2.37. The molecule has 9 heteroatoms. The molecule has 2 amide bonds. The van der Waals surface area contributed by atoms with E-state index in [9.17, 15) is 19.5 Å². The second-order valence-electron chi connectivity index (χ2n) is 8.10. The average Bonchev–Trinajstić information content (AvgIpc) is 3.29. The number of carbonyl (C=O) groups is 3. The molecule has 6 atom stereocenters. The first-order valence-corrected chi connectivity index (χ1v) is 11.6. The Morgan fingerprint density at radius 1 is 1.47 bits per heavy atom. The SMILES string of the molecule is C=CCN(CCCC)C(=O)C1N(CCO)C(=O)[C@@H]2[C@H](C(=O)OCC)[C@H]3OC12CC3Br. The fourth-order valence-corrected chi connectivity index (χ4v) is 6.18. The number of likely N-dealkylation sites (tertiary alicyclic amines) is 1. The third-order valence-corrected chi connectivity index (χ3v) is 7.21. The zero-order valence-corrected chi connectivity index (χ0v) is 19.2. The molecule has 3 saturated heterocycles. The summed E-state index contributed by atoms with van der Waals surface area (Å²) < 4.78 is 11.6. The van der Waals surface area contributed by atoms with E-state index in [4.69, 9.17) is 9.47 Å². The number of aliphatic hydroxyl groups excluding tert-OH is 1. The predicted octanol–water partition coefficient (Wildman–Crippen LogP) is 1.10. The third kappa shape index (κ3) is 3.58. The van der Waals surface area contributed by atoms with Crippen LogP contribution < -0.4 is 0 Å². The van der Waals surface area contributed by atoms with Crippen LogP contribution in [0.3, 0.4) is 0 Å². The highest BCUT2D eigenvalue weighted by molar-refractivity contribution is 9.09. The minimum atomic E-state index is -1.11. The molecule has 0 aromatic rings. The van der Waals surface area contributed by atoms with Crippen LogP contribution in [0.5, 0.6) is 0 Å². The number of ether oxygens (including phenoxy) is 2. The number of nitrogens with zero attached hydrogens (tertiary/aromatic N) is 2. The summed E-state index contributed by atoms with van der Waals surface area (Å²) in [7, 11) is 0. The van der Waals surface area contributed by atoms with Gasteiger partial charge < -0.3 is 24.4 Å². The molecule has 0 radical (unpaired) electrons. The Balaban J connectivity index is 2.01. The van der Waals surface area contributed by atoms with E-state index in [-0.39, 0.29) is 36.4 Å². The van der Waals surface area contributed by atoms with Crippen LogP contribution >= 0.6 is 15.9 Å². The van der Waals surface area contributed by atoms with E-state index >= 15 is 0 Å². The Morgan fingerprint density at radius 3 is 2.80 bits per heavy atom. The quantitative estimate of drug-likeness (QED) is 0.282. The van der Waals surface area contributed by atoms with Crippen LogP contribution in [0.25, 0.3) is 0 Å². The van der Waals surface area contributed by atoms with E-state index in [1.165, 1.54) is 4.90 Å². The Kier molecular flexibility index (Phi) is 7.24. The minimum Gasteiger partial charge on any atom is -0.466 e. The maximum absolute atomic E-state index is 13.7. The number of amides is 2. The molecular formula is C21H31BrN2O6. The van der Waals surface area contributed by atoms with Gasteiger partial charge >= 0.3 is 5.97 Å². The molecule has 1 N–H and O–H groups in total. The van der Waals surface area contributed by atoms with Gasteiger partial charge in [0.2, 0.25) is 11.8 Å². The molecule has 0 saturated carbocycles. The van der Waals surface area contributed by atoms with Crippen molar-refractivity contribution in [1.82, 2.24) is 9.80 Å². The summed E-state index contributed by atoms with van der Waals surface area (Å²) >= 11 is 3.60. The van der Waals surface area contributed by atoms with Crippen LogP contribution in [-0.4, -0.2) is 88.1 Å². The summed E-state index contributed by atoms with van der Waals surface area (Å²) in [6.07, 6.45) is 3.33. The van der Waals surface area contributed by atoms with Crippen molar-refractivity contribution in [2.75, 3.05) is 32.8 Å². The van der Waals surface area contributed by atoms with Gasteiger partial charge in [0.05, 0.1) is 31.2 Å². The Morgan fingerprint density at radius 2 is 2.20 bits per heavy atom. The molecule has 2 bridgehead atoms. The van der Waals surface area contributed by atoms with Gasteiger partial charge in [-0.25, -0.2) is 0 Å². The average molecular weight is 487 g/mol. The van der Waals surface area contributed by atoms with E-state index in [1.54, 1.807) is 17.9 Å². The van der Waals surface area contributed by atoms with Crippen molar-refractivity contribution >= 4 is 33.7 Å². The van der Waals surface area contributed by atoms with Gasteiger partial charge in [-0.3, -0.25) is 14.4 Å². The molecule has 1 spiro atoms. The first-order valence-electron chi connectivity index (χ1n) is 10.7. The van der Waals surface area contributed by atoms with Crippen LogP contribution in [0.4, 0.5) is 0 Å². The number of alkyl halides is 1. The number of hydrogen-bond donors (Lipinski definition) is 1. The fourth-order valence-electron chi connectivity index (χ4n) is 5.23. The Bertz CT molecular complexity index is 703. The van der Waals surface area contributed by atoms with Gasteiger partial charge in [0.25, 0.3) is 0 Å². The van der Waals surface area contributed by atoms with E-state index < -0.39 is 35.6 Å². The molecule has 3 heterocycles. The molecule has 3 rings (SSSR count). The molecule has 0 aromatic heterocycles. The lowest BCUT2D eigenvalue weighted by atomic mass is 9.70. The second-order valence-corrected chi connectivity index (χ2v) is 9.27. The zero-order valence-electron chi connectivity index (χ0n) is 17.6. The Labute approximate surface area is 185 Å². The number of esters is 1. The van der Waals surface area contributed by atoms with Gasteiger partial charge in [0.1, 0.15) is 11.6 Å². The predicted molar refractivity (Wildman–Crippen MR) is 113 cm³/mol. The molecule has 168 valence electrons. The summed E-state index contributed by atoms with van der Waals surface area (Å²) in [5, 5.41) is 9.59. The highest BCUT2D eigenvalue weighted by Crippen LogP contribution is 2.60. The van der Waals surface area contributed by atoms with E-state index in [0.29, 0.717) is 19.5 Å². The standard InChI is InChI=1S/C21H31BrN2O6/c1-4-7-9-23(8-5-2)19(27)17-21-12-13(22)16(30-21)14(20(28)29-6-3)15(21)18(26)24(17)10-11-25/h5,13-17,25H,2,4,6-12H2,1,3H3/t13?,14-,15-,16-,17?,21?/m0/s1. The number of fused-ring (bicyclic) bond motifs is 1. The monoisotopic (exact) mass is 486 g/mol. The first kappa shape index (κ1) is 23.2. The van der Waals surface area contributed by atoms with Gasteiger partial charge in [0, 0.05) is 24.5 Å². The van der Waals surface area contributed by atoms with Gasteiger partial charge in [-0.15, -0.1) is 6.58 Å². The van der Waals surface area contributed by atoms with Crippen molar-refractivity contribution in [3.63, 3.8) is 0 Å². The summed E-state index contributed by atoms with van der Waals surface area (Å²) in [6.45, 7) is 8.36. The van der Waals surface area contributed by atoms with Crippen molar-refractivity contribution in [3.05, 3.63) is 12.7 Å². The molecule has 0 aliphatic carbocycles. The highest BCUT2D eigenvalue weighted by Gasteiger charge is 2.77. The normalized spacial score (nSPS) is 34.2. The number of hydrogen-bond acceptors (Lipinski definition) is 6. The highest BCUT2D eigenvalue weighted by atomic mass is 79.9. The zero-order chi connectivity index (χ0) is 22.1. The lowest BCUT2D eigenvalue weighted by molar-refractivity contribution is -0.155. The van der Waals surface area contributed by atoms with Crippen molar-refractivity contribution in [3.8, 4) is 0 Å². The molecule has 0 aromatic carbocycles. The number of unbranched alkanes of at least 4 members (excludes halogenated alkanes) is 1. The summed E-state index contributed by atoms with van der Waals surface area (Å²) in [5.41, 5.74) is -1.11. The smallest absolute Gasteiger partial charge is 0.312 e. The van der Waals surface area contributed by atoms with Crippen LogP contribution in [-0.2, 0) is 23.9 Å².